The monoisotopic (exact) mass is 420 g/mol. The Bertz CT molecular complexity index is 1050. The van der Waals surface area contributed by atoms with E-state index >= 15 is 0 Å². The number of likely N-dealkylation sites (tertiary alicyclic amines) is 1. The quantitative estimate of drug-likeness (QED) is 0.641. The molecule has 2 aliphatic rings. The summed E-state index contributed by atoms with van der Waals surface area (Å²) >= 11 is 0. The molecule has 160 valence electrons. The number of Topliss-reactive ketones (excluding diaryl/α,β-unsaturated/α-hetero) is 1. The van der Waals surface area contributed by atoms with Crippen LogP contribution in [-0.2, 0) is 26.3 Å². The standard InChI is InChI=1S/C24H24N2O5/c27-19(28)14-25-23(31)20-21(29)17-8-4-5-9-18(17)24(22(20)30)10-12-26(13-11-24)15-16-6-2-1-3-7-16/h1-9,29H,10-15H2,(H,25,31)(H,27,28). The van der Waals surface area contributed by atoms with Gasteiger partial charge in [0.15, 0.2) is 5.78 Å². The Labute approximate surface area is 180 Å². The normalized spacial score (nSPS) is 18.0. The molecule has 4 rings (SSSR count). The molecule has 0 unspecified atom stereocenters. The summed E-state index contributed by atoms with van der Waals surface area (Å²) in [4.78, 5) is 39.3. The Morgan fingerprint density at radius 3 is 2.32 bits per heavy atom. The lowest BCUT2D eigenvalue weighted by molar-refractivity contribution is -0.138. The summed E-state index contributed by atoms with van der Waals surface area (Å²) in [5.74, 6) is -2.90. The van der Waals surface area contributed by atoms with Gasteiger partial charge >= 0.3 is 5.97 Å². The minimum Gasteiger partial charge on any atom is -0.506 e. The van der Waals surface area contributed by atoms with Gasteiger partial charge in [-0.2, -0.15) is 0 Å². The molecule has 2 aromatic carbocycles. The maximum absolute atomic E-state index is 13.6. The Hall–Kier alpha value is -3.45. The lowest BCUT2D eigenvalue weighted by Crippen LogP contribution is -2.51. The molecule has 0 radical (unpaired) electrons. The van der Waals surface area contributed by atoms with E-state index in [1.165, 1.54) is 5.56 Å². The van der Waals surface area contributed by atoms with Crippen LogP contribution in [0, 0.1) is 0 Å². The number of fused-ring (bicyclic) bond motifs is 2. The van der Waals surface area contributed by atoms with E-state index in [4.69, 9.17) is 5.11 Å². The topological polar surface area (TPSA) is 107 Å². The van der Waals surface area contributed by atoms with Gasteiger partial charge in [0.25, 0.3) is 5.91 Å². The molecule has 1 spiro atoms. The number of hydrogen-bond donors (Lipinski definition) is 3. The number of amides is 1. The maximum Gasteiger partial charge on any atom is 0.322 e. The van der Waals surface area contributed by atoms with Gasteiger partial charge in [0, 0.05) is 12.1 Å². The van der Waals surface area contributed by atoms with Crippen LogP contribution in [0.15, 0.2) is 60.2 Å². The van der Waals surface area contributed by atoms with Gasteiger partial charge in [-0.3, -0.25) is 19.3 Å². The molecule has 1 fully saturated rings. The number of carbonyl (C=O) groups excluding carboxylic acids is 2. The highest BCUT2D eigenvalue weighted by Crippen LogP contribution is 2.46. The van der Waals surface area contributed by atoms with E-state index in [2.05, 4.69) is 22.3 Å². The highest BCUT2D eigenvalue weighted by atomic mass is 16.4. The molecule has 1 saturated heterocycles. The van der Waals surface area contributed by atoms with Gasteiger partial charge in [-0.1, -0.05) is 54.6 Å². The van der Waals surface area contributed by atoms with E-state index in [1.54, 1.807) is 12.1 Å². The summed E-state index contributed by atoms with van der Waals surface area (Å²) in [6, 6.07) is 17.2. The molecule has 0 saturated carbocycles. The van der Waals surface area contributed by atoms with Crippen molar-refractivity contribution in [1.82, 2.24) is 10.2 Å². The number of nitrogens with zero attached hydrogens (tertiary/aromatic N) is 1. The van der Waals surface area contributed by atoms with Crippen LogP contribution >= 0.6 is 0 Å². The molecule has 0 atom stereocenters. The smallest absolute Gasteiger partial charge is 0.322 e. The first-order valence-electron chi connectivity index (χ1n) is 10.3. The number of aliphatic hydroxyl groups excluding tert-OH is 1. The number of carboxylic acids is 1. The fourth-order valence-electron chi connectivity index (χ4n) is 4.60. The second kappa shape index (κ2) is 8.35. The zero-order valence-electron chi connectivity index (χ0n) is 17.0. The third-order valence-electron chi connectivity index (χ3n) is 6.18. The van der Waals surface area contributed by atoms with E-state index in [0.717, 1.165) is 12.1 Å². The molecule has 1 amide bonds. The van der Waals surface area contributed by atoms with Crippen LogP contribution in [0.1, 0.15) is 29.5 Å². The number of aliphatic carboxylic acids is 1. The molecule has 7 nitrogen and oxygen atoms in total. The first-order chi connectivity index (χ1) is 14.9. The molecule has 0 bridgehead atoms. The van der Waals surface area contributed by atoms with Gasteiger partial charge < -0.3 is 15.5 Å². The van der Waals surface area contributed by atoms with E-state index in [1.807, 2.05) is 30.3 Å². The van der Waals surface area contributed by atoms with Gasteiger partial charge in [0.2, 0.25) is 0 Å². The summed E-state index contributed by atoms with van der Waals surface area (Å²) in [5, 5.41) is 21.8. The van der Waals surface area contributed by atoms with Crippen LogP contribution in [0.2, 0.25) is 0 Å². The second-order valence-electron chi connectivity index (χ2n) is 8.02. The van der Waals surface area contributed by atoms with Crippen molar-refractivity contribution in [3.8, 4) is 0 Å². The second-order valence-corrected chi connectivity index (χ2v) is 8.02. The number of hydrogen-bond acceptors (Lipinski definition) is 5. The number of ketones is 1. The summed E-state index contributed by atoms with van der Waals surface area (Å²) in [5.41, 5.74) is 1.12. The first kappa shape index (κ1) is 20.8. The third kappa shape index (κ3) is 3.84. The Morgan fingerprint density at radius 1 is 1.00 bits per heavy atom. The van der Waals surface area contributed by atoms with Crippen molar-refractivity contribution in [2.45, 2.75) is 24.8 Å². The van der Waals surface area contributed by atoms with Gasteiger partial charge in [-0.15, -0.1) is 0 Å². The van der Waals surface area contributed by atoms with Crippen molar-refractivity contribution in [1.29, 1.82) is 0 Å². The summed E-state index contributed by atoms with van der Waals surface area (Å²) < 4.78 is 0. The SMILES string of the molecule is O=C(O)CNC(=O)C1=C(O)c2ccccc2C2(CCN(Cc3ccccc3)CC2)C1=O. The number of piperidine rings is 1. The van der Waals surface area contributed by atoms with Crippen molar-refractivity contribution in [3.63, 3.8) is 0 Å². The molecular formula is C24H24N2O5. The number of benzene rings is 2. The fraction of sp³-hybridized carbons (Fsp3) is 0.292. The van der Waals surface area contributed by atoms with Crippen molar-refractivity contribution < 1.29 is 24.6 Å². The average molecular weight is 420 g/mol. The predicted molar refractivity (Wildman–Crippen MR) is 114 cm³/mol. The highest BCUT2D eigenvalue weighted by Gasteiger charge is 2.50. The number of nitrogens with one attached hydrogen (secondary N) is 1. The summed E-state index contributed by atoms with van der Waals surface area (Å²) in [6.45, 7) is 1.49. The van der Waals surface area contributed by atoms with Gasteiger partial charge in [0.05, 0.1) is 5.41 Å². The van der Waals surface area contributed by atoms with Crippen LogP contribution < -0.4 is 5.32 Å². The van der Waals surface area contributed by atoms with E-state index in [0.29, 0.717) is 31.5 Å². The maximum atomic E-state index is 13.6. The minimum absolute atomic E-state index is 0.351. The van der Waals surface area contributed by atoms with E-state index < -0.39 is 29.6 Å². The third-order valence-corrected chi connectivity index (χ3v) is 6.18. The lowest BCUT2D eigenvalue weighted by Gasteiger charge is -2.44. The van der Waals surface area contributed by atoms with Crippen LogP contribution in [0.5, 0.6) is 0 Å². The Morgan fingerprint density at radius 2 is 1.65 bits per heavy atom. The van der Waals surface area contributed by atoms with Gasteiger partial charge in [-0.05, 0) is 37.1 Å². The van der Waals surface area contributed by atoms with Crippen molar-refractivity contribution in [2.75, 3.05) is 19.6 Å². The molecule has 3 N–H and O–H groups in total. The molecule has 1 heterocycles. The summed E-state index contributed by atoms with van der Waals surface area (Å²) in [7, 11) is 0. The van der Waals surface area contributed by atoms with Crippen LogP contribution in [0.25, 0.3) is 5.76 Å². The largest absolute Gasteiger partial charge is 0.506 e. The zero-order valence-corrected chi connectivity index (χ0v) is 17.0. The van der Waals surface area contributed by atoms with E-state index in [-0.39, 0.29) is 11.3 Å². The average Bonchev–Trinajstić information content (AvgIpc) is 2.78. The first-order valence-corrected chi connectivity index (χ1v) is 10.3. The van der Waals surface area contributed by atoms with Gasteiger partial charge in [0.1, 0.15) is 17.9 Å². The lowest BCUT2D eigenvalue weighted by atomic mass is 9.63. The Kier molecular flexibility index (Phi) is 5.61. The Balaban J connectivity index is 1.63. The fourth-order valence-corrected chi connectivity index (χ4v) is 4.60. The zero-order chi connectivity index (χ0) is 22.0. The molecular weight excluding hydrogens is 396 g/mol. The minimum atomic E-state index is -1.22. The predicted octanol–water partition coefficient (Wildman–Crippen LogP) is 2.27. The van der Waals surface area contributed by atoms with Crippen molar-refractivity contribution in [2.24, 2.45) is 0 Å². The highest BCUT2D eigenvalue weighted by molar-refractivity contribution is 6.28. The molecule has 7 heteroatoms. The molecule has 2 aromatic rings. The van der Waals surface area contributed by atoms with E-state index in [9.17, 15) is 19.5 Å². The molecule has 1 aliphatic carbocycles. The van der Waals surface area contributed by atoms with Crippen molar-refractivity contribution >= 4 is 23.4 Å². The van der Waals surface area contributed by atoms with Crippen LogP contribution in [0.4, 0.5) is 0 Å². The van der Waals surface area contributed by atoms with Crippen LogP contribution in [-0.4, -0.2) is 52.4 Å². The van der Waals surface area contributed by atoms with Gasteiger partial charge in [-0.25, -0.2) is 0 Å². The van der Waals surface area contributed by atoms with Crippen molar-refractivity contribution in [3.05, 3.63) is 76.9 Å². The molecule has 31 heavy (non-hydrogen) atoms. The summed E-state index contributed by atoms with van der Waals surface area (Å²) in [6.07, 6.45) is 1.03. The number of aliphatic hydroxyl groups is 1. The number of carboxylic acid groups (broad SMARTS) is 1. The molecule has 1 aliphatic heterocycles. The number of carbonyl (C=O) groups is 3. The molecule has 0 aromatic heterocycles. The van der Waals surface area contributed by atoms with Crippen LogP contribution in [0.3, 0.4) is 0 Å². The number of rotatable bonds is 5.